The van der Waals surface area contributed by atoms with E-state index in [-0.39, 0.29) is 17.9 Å². The van der Waals surface area contributed by atoms with Gasteiger partial charge in [0.15, 0.2) is 0 Å². The SMILES string of the molecule is Cc1cccc(CN2C[C@]34C=C[C@H](O3)[C@@H](C(=O)N(C)Cc3ccncn3)[C@H]4C2=O)c1. The first-order valence-electron chi connectivity index (χ1n) is 10.2. The van der Waals surface area contributed by atoms with Crippen LogP contribution in [0.5, 0.6) is 0 Å². The molecule has 2 saturated heterocycles. The van der Waals surface area contributed by atoms with E-state index in [2.05, 4.69) is 16.0 Å². The Bertz CT molecular complexity index is 1020. The van der Waals surface area contributed by atoms with Crippen molar-refractivity contribution in [1.82, 2.24) is 19.8 Å². The molecule has 2 amide bonds. The summed E-state index contributed by atoms with van der Waals surface area (Å²) in [4.78, 5) is 38.3. The maximum atomic E-state index is 13.4. The molecule has 1 aromatic carbocycles. The van der Waals surface area contributed by atoms with Crippen molar-refractivity contribution in [3.8, 4) is 0 Å². The Labute approximate surface area is 175 Å². The zero-order valence-corrected chi connectivity index (χ0v) is 17.1. The minimum absolute atomic E-state index is 0.00265. The van der Waals surface area contributed by atoms with Gasteiger partial charge < -0.3 is 14.5 Å². The molecule has 7 heteroatoms. The van der Waals surface area contributed by atoms with Crippen LogP contribution in [0.2, 0.25) is 0 Å². The molecule has 2 aromatic rings. The molecule has 30 heavy (non-hydrogen) atoms. The molecule has 1 spiro atoms. The van der Waals surface area contributed by atoms with Crippen molar-refractivity contribution < 1.29 is 14.3 Å². The summed E-state index contributed by atoms with van der Waals surface area (Å²) in [6.45, 7) is 3.42. The van der Waals surface area contributed by atoms with Crippen molar-refractivity contribution in [2.45, 2.75) is 31.7 Å². The van der Waals surface area contributed by atoms with Gasteiger partial charge in [0, 0.05) is 19.8 Å². The normalized spacial score (nSPS) is 28.8. The van der Waals surface area contributed by atoms with Crippen LogP contribution in [0.1, 0.15) is 16.8 Å². The van der Waals surface area contributed by atoms with E-state index >= 15 is 0 Å². The van der Waals surface area contributed by atoms with E-state index in [4.69, 9.17) is 4.74 Å². The first kappa shape index (κ1) is 18.9. The molecule has 3 aliphatic rings. The number of aryl methyl sites for hydroxylation is 1. The van der Waals surface area contributed by atoms with E-state index in [0.717, 1.165) is 16.8 Å². The highest BCUT2D eigenvalue weighted by Crippen LogP contribution is 2.52. The Morgan fingerprint density at radius 3 is 3.00 bits per heavy atom. The van der Waals surface area contributed by atoms with Gasteiger partial charge in [-0.1, -0.05) is 42.0 Å². The third-order valence-corrected chi connectivity index (χ3v) is 6.34. The molecule has 0 N–H and O–H groups in total. The number of hydrogen-bond donors (Lipinski definition) is 0. The summed E-state index contributed by atoms with van der Waals surface area (Å²) in [7, 11) is 1.75. The fourth-order valence-corrected chi connectivity index (χ4v) is 5.01. The molecule has 4 atom stereocenters. The second-order valence-corrected chi connectivity index (χ2v) is 8.48. The maximum absolute atomic E-state index is 13.4. The fourth-order valence-electron chi connectivity index (χ4n) is 5.01. The molecule has 0 saturated carbocycles. The standard InChI is InChI=1S/C23H24N4O3/c1-15-4-3-5-16(10-15)11-27-13-23-8-6-18(30-23)19(20(23)22(27)29)21(28)26(2)12-17-7-9-24-14-25-17/h3-10,14,18-20H,11-13H2,1-2H3/t18-,19+,20-,23-/m0/s1. The third-order valence-electron chi connectivity index (χ3n) is 6.34. The van der Waals surface area contributed by atoms with Gasteiger partial charge >= 0.3 is 0 Å². The monoisotopic (exact) mass is 404 g/mol. The molecule has 7 nitrogen and oxygen atoms in total. The number of amides is 2. The summed E-state index contributed by atoms with van der Waals surface area (Å²) >= 11 is 0. The number of carbonyl (C=O) groups excluding carboxylic acids is 2. The molecular formula is C23H24N4O3. The van der Waals surface area contributed by atoms with E-state index in [1.54, 1.807) is 24.2 Å². The Hall–Kier alpha value is -3.06. The fraction of sp³-hybridized carbons (Fsp3) is 0.391. The van der Waals surface area contributed by atoms with Crippen molar-refractivity contribution >= 4 is 11.8 Å². The lowest BCUT2D eigenvalue weighted by molar-refractivity contribution is -0.142. The molecule has 0 unspecified atom stereocenters. The first-order chi connectivity index (χ1) is 14.5. The van der Waals surface area contributed by atoms with E-state index in [9.17, 15) is 9.59 Å². The van der Waals surface area contributed by atoms with E-state index in [0.29, 0.717) is 19.6 Å². The van der Waals surface area contributed by atoms with Gasteiger partial charge in [-0.05, 0) is 18.6 Å². The number of carbonyl (C=O) groups is 2. The van der Waals surface area contributed by atoms with Crippen molar-refractivity contribution in [3.05, 3.63) is 71.8 Å². The lowest BCUT2D eigenvalue weighted by Crippen LogP contribution is -2.44. The van der Waals surface area contributed by atoms with E-state index in [1.807, 2.05) is 42.2 Å². The highest BCUT2D eigenvalue weighted by molar-refractivity contribution is 5.93. The predicted octanol–water partition coefficient (Wildman–Crippen LogP) is 1.73. The smallest absolute Gasteiger partial charge is 0.230 e. The van der Waals surface area contributed by atoms with Crippen molar-refractivity contribution in [2.24, 2.45) is 11.8 Å². The minimum Gasteiger partial charge on any atom is -0.360 e. The van der Waals surface area contributed by atoms with Gasteiger partial charge in [0.1, 0.15) is 11.9 Å². The summed E-state index contributed by atoms with van der Waals surface area (Å²) in [6.07, 6.45) is 6.71. The molecular weight excluding hydrogens is 380 g/mol. The van der Waals surface area contributed by atoms with Gasteiger partial charge in [0.05, 0.1) is 36.7 Å². The highest BCUT2D eigenvalue weighted by atomic mass is 16.5. The summed E-state index contributed by atoms with van der Waals surface area (Å²) in [5.74, 6) is -1.06. The maximum Gasteiger partial charge on any atom is 0.230 e. The van der Waals surface area contributed by atoms with Crippen LogP contribution in [0.25, 0.3) is 0 Å². The van der Waals surface area contributed by atoms with Gasteiger partial charge in [-0.2, -0.15) is 0 Å². The lowest BCUT2D eigenvalue weighted by atomic mass is 9.76. The van der Waals surface area contributed by atoms with Gasteiger partial charge in [-0.15, -0.1) is 0 Å². The third kappa shape index (κ3) is 3.01. The lowest BCUT2D eigenvalue weighted by Gasteiger charge is -2.27. The van der Waals surface area contributed by atoms with Crippen LogP contribution < -0.4 is 0 Å². The average Bonchev–Trinajstić information content (AvgIpc) is 3.37. The molecule has 0 aliphatic carbocycles. The minimum atomic E-state index is -0.693. The number of aromatic nitrogens is 2. The molecule has 1 aromatic heterocycles. The zero-order chi connectivity index (χ0) is 20.9. The van der Waals surface area contributed by atoms with Crippen LogP contribution in [0.4, 0.5) is 0 Å². The second-order valence-electron chi connectivity index (χ2n) is 8.48. The Balaban J connectivity index is 1.36. The highest BCUT2D eigenvalue weighted by Gasteiger charge is 2.67. The Morgan fingerprint density at radius 1 is 1.37 bits per heavy atom. The summed E-state index contributed by atoms with van der Waals surface area (Å²) in [5, 5.41) is 0. The summed E-state index contributed by atoms with van der Waals surface area (Å²) in [6, 6.07) is 9.94. The molecule has 3 aliphatic heterocycles. The predicted molar refractivity (Wildman–Crippen MR) is 109 cm³/mol. The number of fused-ring (bicyclic) bond motifs is 1. The second kappa shape index (κ2) is 7.02. The van der Waals surface area contributed by atoms with Gasteiger partial charge in [-0.3, -0.25) is 9.59 Å². The van der Waals surface area contributed by atoms with Crippen molar-refractivity contribution in [3.63, 3.8) is 0 Å². The quantitative estimate of drug-likeness (QED) is 0.710. The van der Waals surface area contributed by atoms with Crippen LogP contribution >= 0.6 is 0 Å². The zero-order valence-electron chi connectivity index (χ0n) is 17.1. The number of nitrogens with zero attached hydrogens (tertiary/aromatic N) is 4. The van der Waals surface area contributed by atoms with Gasteiger partial charge in [0.25, 0.3) is 0 Å². The molecule has 0 radical (unpaired) electrons. The number of likely N-dealkylation sites (tertiary alicyclic amines) is 1. The first-order valence-corrected chi connectivity index (χ1v) is 10.2. The molecule has 4 heterocycles. The van der Waals surface area contributed by atoms with E-state index < -0.39 is 17.4 Å². The number of hydrogen-bond acceptors (Lipinski definition) is 5. The van der Waals surface area contributed by atoms with Gasteiger partial charge in [0.2, 0.25) is 11.8 Å². The van der Waals surface area contributed by atoms with Crippen molar-refractivity contribution in [2.75, 3.05) is 13.6 Å². The summed E-state index contributed by atoms with van der Waals surface area (Å²) in [5.41, 5.74) is 2.31. The van der Waals surface area contributed by atoms with Crippen LogP contribution in [0.3, 0.4) is 0 Å². The van der Waals surface area contributed by atoms with Crippen LogP contribution in [0, 0.1) is 18.8 Å². The Morgan fingerprint density at radius 2 is 2.23 bits per heavy atom. The Kier molecular flexibility index (Phi) is 4.43. The molecule has 5 rings (SSSR count). The van der Waals surface area contributed by atoms with Gasteiger partial charge in [-0.25, -0.2) is 9.97 Å². The molecule has 2 bridgehead atoms. The van der Waals surface area contributed by atoms with E-state index in [1.165, 1.54) is 6.33 Å². The largest absolute Gasteiger partial charge is 0.360 e. The number of ether oxygens (including phenoxy) is 1. The molecule has 154 valence electrons. The molecule has 2 fully saturated rings. The summed E-state index contributed by atoms with van der Waals surface area (Å²) < 4.78 is 6.23. The van der Waals surface area contributed by atoms with Crippen LogP contribution in [-0.2, 0) is 27.4 Å². The van der Waals surface area contributed by atoms with Crippen molar-refractivity contribution in [1.29, 1.82) is 0 Å². The topological polar surface area (TPSA) is 75.6 Å². The van der Waals surface area contributed by atoms with Crippen LogP contribution in [-0.4, -0.2) is 56.9 Å². The number of rotatable bonds is 5. The van der Waals surface area contributed by atoms with Crippen LogP contribution in [0.15, 0.2) is 55.0 Å². The average molecular weight is 404 g/mol. The number of benzene rings is 1.